The maximum atomic E-state index is 12.0. The summed E-state index contributed by atoms with van der Waals surface area (Å²) < 4.78 is 7.12. The smallest absolute Gasteiger partial charge is 0.244 e. The highest BCUT2D eigenvalue weighted by Crippen LogP contribution is 2.20. The van der Waals surface area contributed by atoms with Crippen LogP contribution in [0.2, 0.25) is 0 Å². The molecule has 1 amide bonds. The van der Waals surface area contributed by atoms with Crippen LogP contribution in [-0.2, 0) is 17.4 Å². The first-order valence-electron chi connectivity index (χ1n) is 7.81. The number of hydrogen-bond donors (Lipinski definition) is 2. The highest BCUT2D eigenvalue weighted by molar-refractivity contribution is 5.92. The predicted octanol–water partition coefficient (Wildman–Crippen LogP) is 1.86. The minimum atomic E-state index is -1.18. The summed E-state index contributed by atoms with van der Waals surface area (Å²) in [6.45, 7) is 4.20. The van der Waals surface area contributed by atoms with Crippen LogP contribution in [0, 0.1) is 0 Å². The quantitative estimate of drug-likeness (QED) is 0.760. The number of nitrogens with one attached hydrogen (secondary N) is 1. The van der Waals surface area contributed by atoms with E-state index in [1.54, 1.807) is 37.1 Å². The van der Waals surface area contributed by atoms with Gasteiger partial charge in [-0.25, -0.2) is 0 Å². The number of benzene rings is 1. The van der Waals surface area contributed by atoms with Crippen LogP contribution < -0.4 is 10.1 Å². The van der Waals surface area contributed by atoms with Gasteiger partial charge in [-0.2, -0.15) is 5.10 Å². The Balaban J connectivity index is 1.96. The van der Waals surface area contributed by atoms with Crippen molar-refractivity contribution in [1.82, 2.24) is 15.1 Å². The van der Waals surface area contributed by atoms with Crippen molar-refractivity contribution < 1.29 is 14.6 Å². The van der Waals surface area contributed by atoms with Crippen molar-refractivity contribution in [2.24, 2.45) is 7.05 Å². The third-order valence-corrected chi connectivity index (χ3v) is 3.57. The number of carbonyl (C=O) groups excluding carboxylic acids is 1. The van der Waals surface area contributed by atoms with E-state index >= 15 is 0 Å². The van der Waals surface area contributed by atoms with Crippen molar-refractivity contribution in [1.29, 1.82) is 0 Å². The molecule has 0 bridgehead atoms. The van der Waals surface area contributed by atoms with Gasteiger partial charge < -0.3 is 15.2 Å². The van der Waals surface area contributed by atoms with Crippen molar-refractivity contribution in [2.45, 2.75) is 19.4 Å². The molecule has 2 N–H and O–H groups in total. The number of aliphatic hydroxyl groups is 1. The fraction of sp³-hybridized carbons (Fsp3) is 0.333. The second kappa shape index (κ2) is 7.79. The van der Waals surface area contributed by atoms with Gasteiger partial charge in [-0.3, -0.25) is 9.48 Å². The van der Waals surface area contributed by atoms with Gasteiger partial charge in [-0.1, -0.05) is 18.2 Å². The number of aryl methyl sites for hydroxylation is 1. The van der Waals surface area contributed by atoms with Gasteiger partial charge in [-0.05, 0) is 26.0 Å². The zero-order valence-electron chi connectivity index (χ0n) is 14.2. The van der Waals surface area contributed by atoms with Crippen LogP contribution in [-0.4, -0.2) is 33.9 Å². The summed E-state index contributed by atoms with van der Waals surface area (Å²) in [6, 6.07) is 7.50. The fourth-order valence-electron chi connectivity index (χ4n) is 2.19. The Labute approximate surface area is 141 Å². The first-order valence-corrected chi connectivity index (χ1v) is 7.81. The van der Waals surface area contributed by atoms with E-state index in [-0.39, 0.29) is 12.5 Å². The van der Waals surface area contributed by atoms with Gasteiger partial charge in [0.15, 0.2) is 0 Å². The van der Waals surface area contributed by atoms with Crippen LogP contribution in [0.1, 0.15) is 25.0 Å². The molecular formula is C18H23N3O3. The lowest BCUT2D eigenvalue weighted by Gasteiger charge is -2.21. The second-order valence-corrected chi connectivity index (χ2v) is 5.70. The van der Waals surface area contributed by atoms with Crippen LogP contribution in [0.15, 0.2) is 42.7 Å². The summed E-state index contributed by atoms with van der Waals surface area (Å²) in [6.07, 6.45) is 6.43. The van der Waals surface area contributed by atoms with Crippen molar-refractivity contribution >= 4 is 12.0 Å². The van der Waals surface area contributed by atoms with Crippen molar-refractivity contribution in [2.75, 3.05) is 13.2 Å². The molecule has 0 saturated carbocycles. The highest BCUT2D eigenvalue weighted by Gasteiger charge is 2.24. The minimum absolute atomic E-state index is 0.0922. The average molecular weight is 329 g/mol. The number of rotatable bonds is 7. The second-order valence-electron chi connectivity index (χ2n) is 5.70. The normalized spacial score (nSPS) is 13.7. The molecule has 24 heavy (non-hydrogen) atoms. The molecule has 1 aromatic carbocycles. The zero-order chi connectivity index (χ0) is 17.6. The molecule has 6 nitrogen and oxygen atoms in total. The Morgan fingerprint density at radius 1 is 1.46 bits per heavy atom. The van der Waals surface area contributed by atoms with E-state index in [0.29, 0.717) is 12.2 Å². The molecule has 0 aliphatic heterocycles. The Kier molecular flexibility index (Phi) is 5.76. The lowest BCUT2D eigenvalue weighted by molar-refractivity contribution is -0.117. The average Bonchev–Trinajstić information content (AvgIpc) is 3.00. The van der Waals surface area contributed by atoms with E-state index < -0.39 is 5.60 Å². The maximum absolute atomic E-state index is 12.0. The molecule has 0 fully saturated rings. The summed E-state index contributed by atoms with van der Waals surface area (Å²) in [5.74, 6) is 0.442. The molecule has 0 radical (unpaired) electrons. The van der Waals surface area contributed by atoms with Crippen LogP contribution in [0.3, 0.4) is 0 Å². The molecule has 128 valence electrons. The van der Waals surface area contributed by atoms with Gasteiger partial charge in [-0.15, -0.1) is 0 Å². The van der Waals surface area contributed by atoms with Crippen molar-refractivity contribution in [3.8, 4) is 5.75 Å². The van der Waals surface area contributed by atoms with Gasteiger partial charge in [0, 0.05) is 30.4 Å². The molecule has 0 saturated heterocycles. The topological polar surface area (TPSA) is 76.4 Å². The molecule has 0 spiro atoms. The molecule has 1 aromatic heterocycles. The van der Waals surface area contributed by atoms with E-state index in [4.69, 9.17) is 4.74 Å². The summed E-state index contributed by atoms with van der Waals surface area (Å²) >= 11 is 0. The molecule has 2 aromatic rings. The number of ether oxygens (including phenoxy) is 1. The Morgan fingerprint density at radius 2 is 2.21 bits per heavy atom. The monoisotopic (exact) mass is 329 g/mol. The van der Waals surface area contributed by atoms with E-state index in [2.05, 4.69) is 10.4 Å². The van der Waals surface area contributed by atoms with Crippen LogP contribution in [0.4, 0.5) is 0 Å². The lowest BCUT2D eigenvalue weighted by atomic mass is 10.00. The SMILES string of the molecule is CCOc1ccccc1C=CC(=O)NCC(C)(O)c1cnn(C)c1. The first kappa shape index (κ1) is 17.7. The highest BCUT2D eigenvalue weighted by atomic mass is 16.5. The van der Waals surface area contributed by atoms with Crippen molar-refractivity contribution in [3.05, 3.63) is 53.9 Å². The van der Waals surface area contributed by atoms with E-state index in [1.807, 2.05) is 31.2 Å². The third kappa shape index (κ3) is 4.70. The number of amides is 1. The number of aromatic nitrogens is 2. The Hall–Kier alpha value is -2.60. The van der Waals surface area contributed by atoms with Gasteiger partial charge in [0.05, 0.1) is 19.3 Å². The molecule has 0 aliphatic carbocycles. The number of carbonyl (C=O) groups is 1. The molecule has 1 unspecified atom stereocenters. The Bertz CT molecular complexity index is 720. The van der Waals surface area contributed by atoms with Gasteiger partial charge in [0.1, 0.15) is 11.4 Å². The van der Waals surface area contributed by atoms with Gasteiger partial charge in [0.2, 0.25) is 5.91 Å². The van der Waals surface area contributed by atoms with E-state index in [1.165, 1.54) is 6.08 Å². The summed E-state index contributed by atoms with van der Waals surface area (Å²) in [4.78, 5) is 12.0. The van der Waals surface area contributed by atoms with E-state index in [9.17, 15) is 9.90 Å². The first-order chi connectivity index (χ1) is 11.4. The third-order valence-electron chi connectivity index (χ3n) is 3.57. The van der Waals surface area contributed by atoms with Gasteiger partial charge in [0.25, 0.3) is 0 Å². The van der Waals surface area contributed by atoms with Crippen LogP contribution >= 0.6 is 0 Å². The number of nitrogens with zero attached hydrogens (tertiary/aromatic N) is 2. The molecule has 1 atom stereocenters. The van der Waals surface area contributed by atoms with Gasteiger partial charge >= 0.3 is 0 Å². The van der Waals surface area contributed by atoms with Crippen LogP contribution in [0.5, 0.6) is 5.75 Å². The molecule has 0 aliphatic rings. The molecule has 6 heteroatoms. The molecule has 2 rings (SSSR count). The summed E-state index contributed by atoms with van der Waals surface area (Å²) in [5, 5.41) is 17.2. The Morgan fingerprint density at radius 3 is 2.88 bits per heavy atom. The fourth-order valence-corrected chi connectivity index (χ4v) is 2.19. The minimum Gasteiger partial charge on any atom is -0.493 e. The predicted molar refractivity (Wildman–Crippen MR) is 92.4 cm³/mol. The largest absolute Gasteiger partial charge is 0.493 e. The summed E-state index contributed by atoms with van der Waals surface area (Å²) in [7, 11) is 1.77. The van der Waals surface area contributed by atoms with E-state index in [0.717, 1.165) is 11.3 Å². The maximum Gasteiger partial charge on any atom is 0.244 e. The zero-order valence-corrected chi connectivity index (χ0v) is 14.2. The lowest BCUT2D eigenvalue weighted by Crippen LogP contribution is -2.37. The number of hydrogen-bond acceptors (Lipinski definition) is 4. The number of para-hydroxylation sites is 1. The van der Waals surface area contributed by atoms with Crippen molar-refractivity contribution in [3.63, 3.8) is 0 Å². The molecular weight excluding hydrogens is 306 g/mol. The summed E-state index contributed by atoms with van der Waals surface area (Å²) in [5.41, 5.74) is 0.297. The van der Waals surface area contributed by atoms with Crippen LogP contribution in [0.25, 0.3) is 6.08 Å². The molecule has 1 heterocycles. The standard InChI is InChI=1S/C18H23N3O3/c1-4-24-16-8-6-5-7-14(16)9-10-17(22)19-13-18(2,23)15-11-20-21(3)12-15/h5-12,23H,4,13H2,1-3H3,(H,19,22).